The highest BCUT2D eigenvalue weighted by Crippen LogP contribution is 2.30. The SMILES string of the molecule is CCOC1C(NC)CC1Oc1ccccc1F. The van der Waals surface area contributed by atoms with E-state index in [4.69, 9.17) is 9.47 Å². The standard InChI is InChI=1S/C13H18FNO2/c1-3-16-13-10(15-2)8-12(13)17-11-7-5-4-6-9(11)14/h4-7,10,12-13,15H,3,8H2,1-2H3. The van der Waals surface area contributed by atoms with Crippen molar-refractivity contribution in [2.24, 2.45) is 0 Å². The Kier molecular flexibility index (Phi) is 3.97. The van der Waals surface area contributed by atoms with Crippen molar-refractivity contribution < 1.29 is 13.9 Å². The number of nitrogens with one attached hydrogen (secondary N) is 1. The highest BCUT2D eigenvalue weighted by molar-refractivity contribution is 5.24. The van der Waals surface area contributed by atoms with Gasteiger partial charge in [0.1, 0.15) is 12.2 Å². The van der Waals surface area contributed by atoms with E-state index in [2.05, 4.69) is 5.32 Å². The zero-order valence-electron chi connectivity index (χ0n) is 10.2. The van der Waals surface area contributed by atoms with Crippen molar-refractivity contribution in [2.75, 3.05) is 13.7 Å². The summed E-state index contributed by atoms with van der Waals surface area (Å²) in [4.78, 5) is 0. The van der Waals surface area contributed by atoms with Gasteiger partial charge in [-0.1, -0.05) is 12.1 Å². The molecule has 3 nitrogen and oxygen atoms in total. The first kappa shape index (κ1) is 12.3. The fourth-order valence-electron chi connectivity index (χ4n) is 2.10. The largest absolute Gasteiger partial charge is 0.485 e. The molecule has 2 rings (SSSR count). The lowest BCUT2D eigenvalue weighted by Gasteiger charge is -2.43. The summed E-state index contributed by atoms with van der Waals surface area (Å²) in [5, 5.41) is 3.17. The van der Waals surface area contributed by atoms with Crippen LogP contribution in [0.25, 0.3) is 0 Å². The molecule has 1 aromatic rings. The molecule has 94 valence electrons. The molecule has 17 heavy (non-hydrogen) atoms. The summed E-state index contributed by atoms with van der Waals surface area (Å²) in [5.74, 6) is -0.0209. The Morgan fingerprint density at radius 2 is 2.18 bits per heavy atom. The highest BCUT2D eigenvalue weighted by atomic mass is 19.1. The van der Waals surface area contributed by atoms with E-state index in [0.29, 0.717) is 18.4 Å². The van der Waals surface area contributed by atoms with E-state index in [1.807, 2.05) is 14.0 Å². The number of hydrogen-bond donors (Lipinski definition) is 1. The van der Waals surface area contributed by atoms with E-state index in [1.165, 1.54) is 6.07 Å². The van der Waals surface area contributed by atoms with Crippen molar-refractivity contribution in [3.05, 3.63) is 30.1 Å². The summed E-state index contributed by atoms with van der Waals surface area (Å²) in [6.45, 7) is 2.59. The Balaban J connectivity index is 1.98. The third-order valence-electron chi connectivity index (χ3n) is 3.09. The molecule has 1 saturated carbocycles. The minimum atomic E-state index is -0.323. The van der Waals surface area contributed by atoms with Crippen LogP contribution in [0.15, 0.2) is 24.3 Å². The normalized spacial score (nSPS) is 27.6. The second-order valence-electron chi connectivity index (χ2n) is 4.14. The maximum absolute atomic E-state index is 13.4. The van der Waals surface area contributed by atoms with Crippen molar-refractivity contribution in [1.29, 1.82) is 0 Å². The summed E-state index contributed by atoms with van der Waals surface area (Å²) < 4.78 is 24.7. The van der Waals surface area contributed by atoms with Gasteiger partial charge in [0, 0.05) is 19.1 Å². The summed E-state index contributed by atoms with van der Waals surface area (Å²) in [6.07, 6.45) is 0.782. The molecule has 4 heteroatoms. The molecule has 0 spiro atoms. The van der Waals surface area contributed by atoms with E-state index < -0.39 is 0 Å². The summed E-state index contributed by atoms with van der Waals surface area (Å²) >= 11 is 0. The molecule has 1 fully saturated rings. The van der Waals surface area contributed by atoms with Crippen LogP contribution < -0.4 is 10.1 Å². The minimum absolute atomic E-state index is 0.00426. The maximum Gasteiger partial charge on any atom is 0.165 e. The van der Waals surface area contributed by atoms with Crippen LogP contribution in [-0.4, -0.2) is 31.9 Å². The van der Waals surface area contributed by atoms with Crippen LogP contribution in [0.3, 0.4) is 0 Å². The van der Waals surface area contributed by atoms with E-state index in [-0.39, 0.29) is 18.0 Å². The Morgan fingerprint density at radius 3 is 2.82 bits per heavy atom. The van der Waals surface area contributed by atoms with Gasteiger partial charge in [-0.3, -0.25) is 0 Å². The lowest BCUT2D eigenvalue weighted by Crippen LogP contribution is -2.60. The third kappa shape index (κ3) is 2.58. The van der Waals surface area contributed by atoms with Crippen molar-refractivity contribution in [1.82, 2.24) is 5.32 Å². The van der Waals surface area contributed by atoms with Gasteiger partial charge in [-0.15, -0.1) is 0 Å². The minimum Gasteiger partial charge on any atom is -0.485 e. The maximum atomic E-state index is 13.4. The fraction of sp³-hybridized carbons (Fsp3) is 0.538. The van der Waals surface area contributed by atoms with Crippen LogP contribution in [0, 0.1) is 5.82 Å². The van der Waals surface area contributed by atoms with Crippen LogP contribution >= 0.6 is 0 Å². The fourth-order valence-corrected chi connectivity index (χ4v) is 2.10. The van der Waals surface area contributed by atoms with Crippen molar-refractivity contribution in [2.45, 2.75) is 31.6 Å². The number of para-hydroxylation sites is 1. The van der Waals surface area contributed by atoms with Gasteiger partial charge in [0.05, 0.1) is 0 Å². The molecule has 1 N–H and O–H groups in total. The summed E-state index contributed by atoms with van der Waals surface area (Å²) in [6, 6.07) is 6.76. The third-order valence-corrected chi connectivity index (χ3v) is 3.09. The predicted octanol–water partition coefficient (Wildman–Crippen LogP) is 1.97. The number of halogens is 1. The van der Waals surface area contributed by atoms with Gasteiger partial charge in [-0.2, -0.15) is 0 Å². The Morgan fingerprint density at radius 1 is 1.41 bits per heavy atom. The van der Waals surface area contributed by atoms with Gasteiger partial charge in [0.15, 0.2) is 11.6 Å². The van der Waals surface area contributed by atoms with Crippen LogP contribution in [0.2, 0.25) is 0 Å². The smallest absolute Gasteiger partial charge is 0.165 e. The average Bonchev–Trinajstić information content (AvgIpc) is 2.33. The zero-order valence-corrected chi connectivity index (χ0v) is 10.2. The molecular weight excluding hydrogens is 221 g/mol. The number of benzene rings is 1. The van der Waals surface area contributed by atoms with Crippen LogP contribution in [0.4, 0.5) is 4.39 Å². The first-order valence-electron chi connectivity index (χ1n) is 5.96. The molecule has 1 aliphatic rings. The molecule has 0 amide bonds. The molecule has 1 aromatic carbocycles. The van der Waals surface area contributed by atoms with Crippen molar-refractivity contribution in [3.63, 3.8) is 0 Å². The van der Waals surface area contributed by atoms with Crippen LogP contribution in [-0.2, 0) is 4.74 Å². The van der Waals surface area contributed by atoms with E-state index in [0.717, 1.165) is 6.42 Å². The Bertz CT molecular complexity index is 372. The van der Waals surface area contributed by atoms with E-state index >= 15 is 0 Å². The monoisotopic (exact) mass is 239 g/mol. The zero-order chi connectivity index (χ0) is 12.3. The second kappa shape index (κ2) is 5.47. The average molecular weight is 239 g/mol. The molecule has 1 aliphatic carbocycles. The molecule has 0 saturated heterocycles. The first-order valence-corrected chi connectivity index (χ1v) is 5.96. The number of hydrogen-bond acceptors (Lipinski definition) is 3. The van der Waals surface area contributed by atoms with Crippen LogP contribution in [0.5, 0.6) is 5.75 Å². The van der Waals surface area contributed by atoms with Crippen molar-refractivity contribution >= 4 is 0 Å². The molecule has 0 bridgehead atoms. The Labute approximate surface area is 101 Å². The molecule has 3 atom stereocenters. The second-order valence-corrected chi connectivity index (χ2v) is 4.14. The van der Waals surface area contributed by atoms with Gasteiger partial charge >= 0.3 is 0 Å². The molecule has 0 heterocycles. The molecule has 0 radical (unpaired) electrons. The van der Waals surface area contributed by atoms with Gasteiger partial charge < -0.3 is 14.8 Å². The number of ether oxygens (including phenoxy) is 2. The Hall–Kier alpha value is -1.13. The van der Waals surface area contributed by atoms with Gasteiger partial charge in [0.2, 0.25) is 0 Å². The van der Waals surface area contributed by atoms with Crippen molar-refractivity contribution in [3.8, 4) is 5.75 Å². The molecule has 3 unspecified atom stereocenters. The summed E-state index contributed by atoms with van der Waals surface area (Å²) in [5.41, 5.74) is 0. The predicted molar refractivity (Wildman–Crippen MR) is 63.7 cm³/mol. The highest BCUT2D eigenvalue weighted by Gasteiger charge is 2.43. The van der Waals surface area contributed by atoms with Gasteiger partial charge in [-0.25, -0.2) is 4.39 Å². The lowest BCUT2D eigenvalue weighted by atomic mass is 9.85. The van der Waals surface area contributed by atoms with E-state index in [9.17, 15) is 4.39 Å². The van der Waals surface area contributed by atoms with Gasteiger partial charge in [-0.05, 0) is 26.1 Å². The summed E-state index contributed by atoms with van der Waals surface area (Å²) in [7, 11) is 1.90. The lowest BCUT2D eigenvalue weighted by molar-refractivity contribution is -0.103. The van der Waals surface area contributed by atoms with Crippen LogP contribution in [0.1, 0.15) is 13.3 Å². The molecule has 0 aliphatic heterocycles. The first-order chi connectivity index (χ1) is 8.26. The number of rotatable bonds is 5. The molecular formula is C13H18FNO2. The quantitative estimate of drug-likeness (QED) is 0.852. The topological polar surface area (TPSA) is 30.5 Å². The number of likely N-dealkylation sites (N-methyl/N-ethyl adjacent to an activating group) is 1. The molecule has 0 aromatic heterocycles. The van der Waals surface area contributed by atoms with E-state index in [1.54, 1.807) is 18.2 Å². The van der Waals surface area contributed by atoms with Gasteiger partial charge in [0.25, 0.3) is 0 Å².